The monoisotopic (exact) mass is 453 g/mol. The minimum absolute atomic E-state index is 0.431. The molecule has 0 radical (unpaired) electrons. The molecule has 3 aliphatic rings. The first kappa shape index (κ1) is 20.7. The van der Waals surface area contributed by atoms with Gasteiger partial charge in [-0.05, 0) is 72.7 Å². The van der Waals surface area contributed by atoms with Gasteiger partial charge in [-0.25, -0.2) is 0 Å². The molecule has 0 aromatic heterocycles. The number of benzene rings is 3. The highest BCUT2D eigenvalue weighted by atomic mass is 35.5. The molecule has 0 unspecified atom stereocenters. The van der Waals surface area contributed by atoms with Crippen molar-refractivity contribution in [2.45, 2.75) is 44.7 Å². The Morgan fingerprint density at radius 3 is 2.67 bits per heavy atom. The van der Waals surface area contributed by atoms with E-state index in [2.05, 4.69) is 71.7 Å². The fourth-order valence-electron chi connectivity index (χ4n) is 5.09. The zero-order chi connectivity index (χ0) is 22.4. The lowest BCUT2D eigenvalue weighted by Crippen LogP contribution is -2.39. The van der Waals surface area contributed by atoms with Crippen LogP contribution in [0.1, 0.15) is 48.4 Å². The van der Waals surface area contributed by atoms with Crippen LogP contribution in [-0.2, 0) is 13.0 Å². The molecular weight excluding hydrogens is 426 g/mol. The Kier molecular flexibility index (Phi) is 5.12. The van der Waals surface area contributed by atoms with Crippen LogP contribution in [0.4, 0.5) is 11.4 Å². The summed E-state index contributed by atoms with van der Waals surface area (Å²) in [6.07, 6.45) is 6.52. The third-order valence-corrected chi connectivity index (χ3v) is 7.77. The molecule has 3 aromatic carbocycles. The first-order valence-corrected chi connectivity index (χ1v) is 12.2. The lowest BCUT2D eigenvalue weighted by Gasteiger charge is -2.35. The van der Waals surface area contributed by atoms with Gasteiger partial charge in [0.25, 0.3) is 0 Å². The van der Waals surface area contributed by atoms with Crippen LogP contribution in [0.15, 0.2) is 77.9 Å². The minimum Gasteiger partial charge on any atom is -0.355 e. The second kappa shape index (κ2) is 8.16. The van der Waals surface area contributed by atoms with E-state index in [0.717, 1.165) is 47.9 Å². The first-order chi connectivity index (χ1) is 16.1. The zero-order valence-corrected chi connectivity index (χ0v) is 19.7. The van der Waals surface area contributed by atoms with E-state index < -0.39 is 0 Å². The second-order valence-corrected chi connectivity index (χ2v) is 10.1. The van der Waals surface area contributed by atoms with Crippen molar-refractivity contribution in [2.75, 3.05) is 11.9 Å². The van der Waals surface area contributed by atoms with Crippen LogP contribution in [0.2, 0.25) is 5.02 Å². The van der Waals surface area contributed by atoms with Gasteiger partial charge >= 0.3 is 0 Å². The number of nitrogens with zero attached hydrogens (tertiary/aromatic N) is 2. The molecule has 2 aliphatic heterocycles. The number of anilines is 2. The van der Waals surface area contributed by atoms with Gasteiger partial charge in [-0.2, -0.15) is 0 Å². The van der Waals surface area contributed by atoms with E-state index in [9.17, 15) is 0 Å². The third kappa shape index (κ3) is 4.01. The smallest absolute Gasteiger partial charge is 0.0536 e. The van der Waals surface area contributed by atoms with Gasteiger partial charge in [0.1, 0.15) is 0 Å². The van der Waals surface area contributed by atoms with Crippen LogP contribution in [0, 0.1) is 0 Å². The van der Waals surface area contributed by atoms with Crippen molar-refractivity contribution in [2.24, 2.45) is 4.99 Å². The van der Waals surface area contributed by atoms with Crippen molar-refractivity contribution in [3.8, 4) is 0 Å². The van der Waals surface area contributed by atoms with Gasteiger partial charge in [0.2, 0.25) is 0 Å². The summed E-state index contributed by atoms with van der Waals surface area (Å²) >= 11 is 6.62. The Bertz CT molecular complexity index is 1270. The summed E-state index contributed by atoms with van der Waals surface area (Å²) in [4.78, 5) is 7.38. The van der Waals surface area contributed by atoms with E-state index >= 15 is 0 Å². The molecule has 0 atom stereocenters. The van der Waals surface area contributed by atoms with Gasteiger partial charge in [0.15, 0.2) is 0 Å². The van der Waals surface area contributed by atoms with Crippen LogP contribution in [0.25, 0.3) is 5.57 Å². The van der Waals surface area contributed by atoms with Crippen LogP contribution in [0.3, 0.4) is 0 Å². The highest BCUT2D eigenvalue weighted by Gasteiger charge is 2.44. The van der Waals surface area contributed by atoms with Crippen LogP contribution < -0.4 is 5.32 Å². The molecule has 166 valence electrons. The highest BCUT2D eigenvalue weighted by Crippen LogP contribution is 2.44. The molecule has 1 fully saturated rings. The maximum atomic E-state index is 6.62. The summed E-state index contributed by atoms with van der Waals surface area (Å²) in [5, 5.41) is 4.43. The van der Waals surface area contributed by atoms with Crippen LogP contribution in [-0.4, -0.2) is 22.7 Å². The zero-order valence-electron chi connectivity index (χ0n) is 18.9. The lowest BCUT2D eigenvalue weighted by molar-refractivity contribution is 0.173. The maximum Gasteiger partial charge on any atom is 0.0536 e. The molecular formula is C29H28ClN3. The van der Waals surface area contributed by atoms with Gasteiger partial charge < -0.3 is 5.32 Å². The number of hydrogen-bond donors (Lipinski definition) is 1. The van der Waals surface area contributed by atoms with Gasteiger partial charge in [-0.1, -0.05) is 54.1 Å². The lowest BCUT2D eigenvalue weighted by atomic mass is 9.96. The number of hydrogen-bond acceptors (Lipinski definition) is 3. The average Bonchev–Trinajstić information content (AvgIpc) is 3.41. The molecule has 1 aliphatic carbocycles. The predicted octanol–water partition coefficient (Wildman–Crippen LogP) is 7.23. The summed E-state index contributed by atoms with van der Waals surface area (Å²) in [5.41, 5.74) is 10.0. The van der Waals surface area contributed by atoms with Gasteiger partial charge in [-0.3, -0.25) is 9.89 Å². The van der Waals surface area contributed by atoms with E-state index in [0.29, 0.717) is 5.54 Å². The third-order valence-electron chi connectivity index (χ3n) is 7.44. The topological polar surface area (TPSA) is 27.6 Å². The number of allylic oxidation sites excluding steroid dienone is 1. The fourth-order valence-corrected chi connectivity index (χ4v) is 5.31. The summed E-state index contributed by atoms with van der Waals surface area (Å²) in [6.45, 7) is 4.59. The number of fused-ring (bicyclic) bond motifs is 1. The molecule has 0 bridgehead atoms. The van der Waals surface area contributed by atoms with E-state index in [-0.39, 0.29) is 0 Å². The standard InChI is InChI=1S/C29H28ClN3/c1-29(13-14-29)33-15-12-24-21(19-33)8-5-9-27(24)32-23-10-11-26(30)25(17-23)28-16-22(18-31-28)20-6-3-2-4-7-20/h2-11,17-18,32H,12-16,19H2,1H3. The van der Waals surface area contributed by atoms with E-state index in [1.165, 1.54) is 40.8 Å². The van der Waals surface area contributed by atoms with Crippen molar-refractivity contribution in [3.63, 3.8) is 0 Å². The Morgan fingerprint density at radius 2 is 1.85 bits per heavy atom. The summed E-state index contributed by atoms with van der Waals surface area (Å²) in [7, 11) is 0. The van der Waals surface area contributed by atoms with Gasteiger partial charge in [0.05, 0.1) is 5.71 Å². The molecule has 3 nitrogen and oxygen atoms in total. The van der Waals surface area contributed by atoms with Crippen molar-refractivity contribution in [3.05, 3.63) is 100 Å². The molecule has 6 rings (SSSR count). The largest absolute Gasteiger partial charge is 0.355 e. The van der Waals surface area contributed by atoms with Crippen molar-refractivity contribution >= 4 is 34.3 Å². The fraction of sp³-hybridized carbons (Fsp3) is 0.276. The minimum atomic E-state index is 0.431. The molecule has 0 spiro atoms. The molecule has 33 heavy (non-hydrogen) atoms. The van der Waals surface area contributed by atoms with Crippen molar-refractivity contribution in [1.82, 2.24) is 4.90 Å². The Hall–Kier alpha value is -2.88. The van der Waals surface area contributed by atoms with E-state index in [4.69, 9.17) is 16.6 Å². The number of halogens is 1. The quantitative estimate of drug-likeness (QED) is 0.441. The Morgan fingerprint density at radius 1 is 1.00 bits per heavy atom. The van der Waals surface area contributed by atoms with Crippen LogP contribution in [0.5, 0.6) is 0 Å². The van der Waals surface area contributed by atoms with E-state index in [1.54, 1.807) is 0 Å². The summed E-state index contributed by atoms with van der Waals surface area (Å²) in [6, 6.07) is 23.3. The molecule has 4 heteroatoms. The Labute approximate surface area is 200 Å². The molecule has 0 amide bonds. The van der Waals surface area contributed by atoms with Crippen LogP contribution >= 0.6 is 11.6 Å². The molecule has 3 aromatic rings. The van der Waals surface area contributed by atoms with E-state index in [1.807, 2.05) is 18.3 Å². The van der Waals surface area contributed by atoms with Crippen molar-refractivity contribution < 1.29 is 0 Å². The molecule has 2 heterocycles. The molecule has 1 saturated carbocycles. The van der Waals surface area contributed by atoms with Gasteiger partial charge in [0, 0.05) is 53.2 Å². The predicted molar refractivity (Wildman–Crippen MR) is 139 cm³/mol. The van der Waals surface area contributed by atoms with Gasteiger partial charge in [-0.15, -0.1) is 0 Å². The average molecular weight is 454 g/mol. The molecule has 0 saturated heterocycles. The first-order valence-electron chi connectivity index (χ1n) is 11.8. The molecule has 1 N–H and O–H groups in total. The summed E-state index contributed by atoms with van der Waals surface area (Å²) in [5.74, 6) is 0. The SMILES string of the molecule is CC1(N2CCc3c(cccc3Nc3ccc(Cl)c(C4=NC=C(c5ccccc5)C4)c3)C2)CC1. The Balaban J connectivity index is 1.22. The van der Waals surface area contributed by atoms with Crippen molar-refractivity contribution in [1.29, 1.82) is 0 Å². The number of rotatable bonds is 5. The number of aliphatic imine (C=N–C) groups is 1. The summed E-state index contributed by atoms with van der Waals surface area (Å²) < 4.78 is 0. The number of nitrogens with one attached hydrogen (secondary N) is 1. The maximum absolute atomic E-state index is 6.62. The normalized spacial score (nSPS) is 19.0. The highest BCUT2D eigenvalue weighted by molar-refractivity contribution is 6.35. The second-order valence-electron chi connectivity index (χ2n) is 9.70.